The van der Waals surface area contributed by atoms with Crippen molar-refractivity contribution in [2.24, 2.45) is 0 Å². The lowest BCUT2D eigenvalue weighted by molar-refractivity contribution is -0.137. The lowest BCUT2D eigenvalue weighted by atomic mass is 10.1. The summed E-state index contributed by atoms with van der Waals surface area (Å²) < 4.78 is 43.8. The fourth-order valence-electron chi connectivity index (χ4n) is 2.23. The minimum absolute atomic E-state index is 0.0972. The molecule has 4 nitrogen and oxygen atoms in total. The van der Waals surface area contributed by atoms with Crippen LogP contribution in [0.15, 0.2) is 18.2 Å². The number of nitrogens with one attached hydrogen (secondary N) is 2. The maximum Gasteiger partial charge on any atom is 0.417 e. The van der Waals surface area contributed by atoms with Crippen molar-refractivity contribution in [3.05, 3.63) is 29.3 Å². The summed E-state index contributed by atoms with van der Waals surface area (Å²) in [5, 5.41) is 14.8. The van der Waals surface area contributed by atoms with Gasteiger partial charge in [-0.1, -0.05) is 0 Å². The van der Waals surface area contributed by atoms with E-state index in [1.165, 1.54) is 12.1 Å². The monoisotopic (exact) mass is 285 g/mol. The van der Waals surface area contributed by atoms with Gasteiger partial charge in [-0.25, -0.2) is 0 Å². The second kappa shape index (κ2) is 5.69. The van der Waals surface area contributed by atoms with Gasteiger partial charge in [-0.15, -0.1) is 0 Å². The Bertz CT molecular complexity index is 525. The van der Waals surface area contributed by atoms with Gasteiger partial charge >= 0.3 is 6.18 Å². The van der Waals surface area contributed by atoms with Gasteiger partial charge in [-0.05, 0) is 18.2 Å². The number of methoxy groups -OCH3 is 1. The summed E-state index contributed by atoms with van der Waals surface area (Å²) >= 11 is 0. The van der Waals surface area contributed by atoms with Crippen LogP contribution in [-0.2, 0) is 10.9 Å². The first kappa shape index (κ1) is 14.6. The average molecular weight is 285 g/mol. The average Bonchev–Trinajstić information content (AvgIpc) is 2.85. The molecule has 0 aromatic heterocycles. The number of hydrogen-bond donors (Lipinski definition) is 2. The predicted octanol–water partition coefficient (Wildman–Crippen LogP) is 1.98. The molecular formula is C13H14F3N3O. The van der Waals surface area contributed by atoms with Crippen LogP contribution in [0.1, 0.15) is 11.1 Å². The molecule has 1 unspecified atom stereocenters. The van der Waals surface area contributed by atoms with E-state index in [0.717, 1.165) is 6.07 Å². The molecular weight excluding hydrogens is 271 g/mol. The van der Waals surface area contributed by atoms with Crippen molar-refractivity contribution < 1.29 is 17.9 Å². The maximum absolute atomic E-state index is 12.9. The van der Waals surface area contributed by atoms with Crippen LogP contribution in [0.4, 0.5) is 18.9 Å². The second-order valence-electron chi connectivity index (χ2n) is 4.55. The van der Waals surface area contributed by atoms with E-state index in [2.05, 4.69) is 10.6 Å². The van der Waals surface area contributed by atoms with Crippen LogP contribution in [-0.4, -0.2) is 32.3 Å². The van der Waals surface area contributed by atoms with Crippen molar-refractivity contribution in [1.82, 2.24) is 5.32 Å². The summed E-state index contributed by atoms with van der Waals surface area (Å²) in [5.74, 6) is 0. The van der Waals surface area contributed by atoms with Crippen molar-refractivity contribution in [3.8, 4) is 6.07 Å². The summed E-state index contributed by atoms with van der Waals surface area (Å²) in [6, 6.07) is 5.06. The molecule has 1 aromatic rings. The summed E-state index contributed by atoms with van der Waals surface area (Å²) in [7, 11) is 1.56. The third-order valence-electron chi connectivity index (χ3n) is 3.26. The molecule has 20 heavy (non-hydrogen) atoms. The first-order valence-corrected chi connectivity index (χ1v) is 6.07. The molecule has 7 heteroatoms. The Hall–Kier alpha value is -1.78. The number of nitrogens with zero attached hydrogens (tertiary/aromatic N) is 1. The molecule has 1 saturated heterocycles. The molecule has 0 radical (unpaired) electrons. The largest absolute Gasteiger partial charge is 0.417 e. The highest BCUT2D eigenvalue weighted by molar-refractivity contribution is 5.53. The van der Waals surface area contributed by atoms with Crippen LogP contribution in [0.2, 0.25) is 0 Å². The van der Waals surface area contributed by atoms with E-state index in [1.54, 1.807) is 13.2 Å². The van der Waals surface area contributed by atoms with Crippen molar-refractivity contribution in [1.29, 1.82) is 5.26 Å². The van der Waals surface area contributed by atoms with E-state index in [9.17, 15) is 13.2 Å². The highest BCUT2D eigenvalue weighted by Crippen LogP contribution is 2.33. The van der Waals surface area contributed by atoms with E-state index < -0.39 is 11.7 Å². The Balaban J connectivity index is 2.24. The third-order valence-corrected chi connectivity index (χ3v) is 3.26. The zero-order valence-corrected chi connectivity index (χ0v) is 10.8. The number of nitriles is 1. The molecule has 108 valence electrons. The highest BCUT2D eigenvalue weighted by Gasteiger charge is 2.34. The Morgan fingerprint density at radius 3 is 2.75 bits per heavy atom. The smallest absolute Gasteiger partial charge is 0.378 e. The van der Waals surface area contributed by atoms with Gasteiger partial charge in [0.05, 0.1) is 29.3 Å². The normalized spacial score (nSPS) is 22.6. The predicted molar refractivity (Wildman–Crippen MR) is 67.2 cm³/mol. The van der Waals surface area contributed by atoms with E-state index in [1.807, 2.05) is 0 Å². The number of rotatable bonds is 3. The van der Waals surface area contributed by atoms with Crippen LogP contribution in [0.5, 0.6) is 0 Å². The van der Waals surface area contributed by atoms with Crippen LogP contribution in [0, 0.1) is 11.3 Å². The summed E-state index contributed by atoms with van der Waals surface area (Å²) in [6.45, 7) is 1.26. The lowest BCUT2D eigenvalue weighted by Gasteiger charge is -2.20. The van der Waals surface area contributed by atoms with Crippen molar-refractivity contribution >= 4 is 5.69 Å². The molecule has 0 bridgehead atoms. The van der Waals surface area contributed by atoms with Gasteiger partial charge in [0.15, 0.2) is 0 Å². The number of hydrogen-bond acceptors (Lipinski definition) is 4. The van der Waals surface area contributed by atoms with Crippen LogP contribution in [0.3, 0.4) is 0 Å². The molecule has 1 aliphatic rings. The van der Waals surface area contributed by atoms with Crippen LogP contribution < -0.4 is 10.6 Å². The molecule has 1 aromatic carbocycles. The minimum atomic E-state index is -4.54. The number of alkyl halides is 3. The van der Waals surface area contributed by atoms with E-state index in [-0.39, 0.29) is 17.7 Å². The first-order chi connectivity index (χ1) is 9.45. The Labute approximate surface area is 114 Å². The molecule has 0 amide bonds. The van der Waals surface area contributed by atoms with Crippen molar-refractivity contribution in [2.75, 3.05) is 25.5 Å². The summed E-state index contributed by atoms with van der Waals surface area (Å²) in [5.41, 5.74) is -0.979. The third kappa shape index (κ3) is 3.03. The Kier molecular flexibility index (Phi) is 4.16. The molecule has 2 rings (SSSR count). The fourth-order valence-corrected chi connectivity index (χ4v) is 2.23. The maximum atomic E-state index is 12.9. The topological polar surface area (TPSA) is 57.1 Å². The number of halogens is 3. The molecule has 1 aliphatic heterocycles. The van der Waals surface area contributed by atoms with Crippen molar-refractivity contribution in [3.63, 3.8) is 0 Å². The molecule has 2 N–H and O–H groups in total. The standard InChI is InChI=1S/C13H14F3N3O/c1-20-12-7-18-6-11(12)19-9-3-2-8(5-17)10(4-9)13(14,15)16/h2-4,11-12,18-19H,6-7H2,1H3/t11?,12-/m0/s1. The molecule has 1 heterocycles. The zero-order valence-electron chi connectivity index (χ0n) is 10.8. The molecule has 0 aliphatic carbocycles. The SMILES string of the molecule is CO[C@H]1CNCC1Nc1ccc(C#N)c(C(F)(F)F)c1. The van der Waals surface area contributed by atoms with E-state index >= 15 is 0 Å². The highest BCUT2D eigenvalue weighted by atomic mass is 19.4. The van der Waals surface area contributed by atoms with Gasteiger partial charge in [0.1, 0.15) is 0 Å². The zero-order chi connectivity index (χ0) is 14.8. The summed E-state index contributed by atoms with van der Waals surface area (Å²) in [4.78, 5) is 0. The van der Waals surface area contributed by atoms with Crippen molar-refractivity contribution in [2.45, 2.75) is 18.3 Å². The Morgan fingerprint density at radius 2 is 2.15 bits per heavy atom. The number of ether oxygens (including phenoxy) is 1. The lowest BCUT2D eigenvalue weighted by Crippen LogP contribution is -2.33. The van der Waals surface area contributed by atoms with Gasteiger partial charge in [-0.2, -0.15) is 18.4 Å². The van der Waals surface area contributed by atoms with Gasteiger partial charge in [-0.3, -0.25) is 0 Å². The van der Waals surface area contributed by atoms with E-state index in [0.29, 0.717) is 18.8 Å². The first-order valence-electron chi connectivity index (χ1n) is 6.07. The van der Waals surface area contributed by atoms with E-state index in [4.69, 9.17) is 10.00 Å². The number of anilines is 1. The molecule has 0 saturated carbocycles. The molecule has 0 spiro atoms. The summed E-state index contributed by atoms with van der Waals surface area (Å²) in [6.07, 6.45) is -4.64. The van der Waals surface area contributed by atoms with Crippen LogP contribution >= 0.6 is 0 Å². The quantitative estimate of drug-likeness (QED) is 0.891. The van der Waals surface area contributed by atoms with Gasteiger partial charge < -0.3 is 15.4 Å². The van der Waals surface area contributed by atoms with Gasteiger partial charge in [0.2, 0.25) is 0 Å². The fraction of sp³-hybridized carbons (Fsp3) is 0.462. The Morgan fingerprint density at radius 1 is 1.40 bits per heavy atom. The van der Waals surface area contributed by atoms with Crippen LogP contribution in [0.25, 0.3) is 0 Å². The minimum Gasteiger partial charge on any atom is -0.378 e. The number of benzene rings is 1. The van der Waals surface area contributed by atoms with Gasteiger partial charge in [0.25, 0.3) is 0 Å². The molecule has 1 fully saturated rings. The van der Waals surface area contributed by atoms with Gasteiger partial charge in [0, 0.05) is 25.9 Å². The second-order valence-corrected chi connectivity index (χ2v) is 4.55. The molecule has 2 atom stereocenters.